The SMILES string of the molecule is O=C(c1ccc([N+](=O)[O-])cc1)N1c2ccc(NCCc3ccccc3)cc2N(c2ccccc2)c2cc(NCCc3ccccc3)ccc21. The minimum Gasteiger partial charge on any atom is -0.385 e. The van der Waals surface area contributed by atoms with Gasteiger partial charge in [0.25, 0.3) is 11.6 Å². The fraction of sp³-hybridized carbons (Fsp3) is 0.0976. The van der Waals surface area contributed by atoms with E-state index in [1.54, 1.807) is 4.90 Å². The van der Waals surface area contributed by atoms with Gasteiger partial charge >= 0.3 is 0 Å². The normalized spacial score (nSPS) is 11.8. The van der Waals surface area contributed by atoms with Gasteiger partial charge in [-0.2, -0.15) is 0 Å². The van der Waals surface area contributed by atoms with Crippen LogP contribution in [0.2, 0.25) is 0 Å². The van der Waals surface area contributed by atoms with E-state index in [1.807, 2.05) is 78.9 Å². The molecule has 49 heavy (non-hydrogen) atoms. The molecule has 1 amide bonds. The number of nitrogens with zero attached hydrogens (tertiary/aromatic N) is 3. The second-order valence-corrected chi connectivity index (χ2v) is 11.8. The van der Waals surface area contributed by atoms with Crippen LogP contribution in [0.4, 0.5) is 45.5 Å². The van der Waals surface area contributed by atoms with Crippen molar-refractivity contribution in [2.45, 2.75) is 12.8 Å². The van der Waals surface area contributed by atoms with Gasteiger partial charge in [-0.3, -0.25) is 19.8 Å². The number of benzene rings is 6. The summed E-state index contributed by atoms with van der Waals surface area (Å²) < 4.78 is 0. The lowest BCUT2D eigenvalue weighted by Gasteiger charge is -2.40. The lowest BCUT2D eigenvalue weighted by molar-refractivity contribution is -0.384. The van der Waals surface area contributed by atoms with Gasteiger partial charge in [0.1, 0.15) is 0 Å². The van der Waals surface area contributed by atoms with E-state index < -0.39 is 4.92 Å². The Hall–Kier alpha value is -6.41. The van der Waals surface area contributed by atoms with E-state index in [0.717, 1.165) is 54.4 Å². The number of hydrogen-bond acceptors (Lipinski definition) is 6. The highest BCUT2D eigenvalue weighted by atomic mass is 16.6. The Morgan fingerprint density at radius 1 is 0.571 bits per heavy atom. The van der Waals surface area contributed by atoms with E-state index in [2.05, 4.69) is 64.1 Å². The largest absolute Gasteiger partial charge is 0.385 e. The lowest BCUT2D eigenvalue weighted by atomic mass is 10.0. The highest BCUT2D eigenvalue weighted by Crippen LogP contribution is 2.53. The third-order valence-electron chi connectivity index (χ3n) is 8.63. The van der Waals surface area contributed by atoms with Crippen LogP contribution in [0.25, 0.3) is 0 Å². The molecule has 8 nitrogen and oxygen atoms in total. The molecule has 1 aliphatic rings. The van der Waals surface area contributed by atoms with Gasteiger partial charge in [0, 0.05) is 47.8 Å². The molecule has 0 aromatic heterocycles. The van der Waals surface area contributed by atoms with Crippen LogP contribution in [0.3, 0.4) is 0 Å². The summed E-state index contributed by atoms with van der Waals surface area (Å²) in [6.07, 6.45) is 1.73. The molecule has 1 heterocycles. The first kappa shape index (κ1) is 31.2. The zero-order valence-electron chi connectivity index (χ0n) is 26.8. The van der Waals surface area contributed by atoms with Crippen molar-refractivity contribution in [3.63, 3.8) is 0 Å². The third kappa shape index (κ3) is 6.84. The lowest BCUT2D eigenvalue weighted by Crippen LogP contribution is -2.32. The fourth-order valence-electron chi connectivity index (χ4n) is 6.18. The van der Waals surface area contributed by atoms with Gasteiger partial charge in [0.05, 0.1) is 27.7 Å². The molecule has 0 saturated carbocycles. The molecule has 0 spiro atoms. The Morgan fingerprint density at radius 2 is 1.04 bits per heavy atom. The summed E-state index contributed by atoms with van der Waals surface area (Å²) in [7, 11) is 0. The summed E-state index contributed by atoms with van der Waals surface area (Å²) >= 11 is 0. The molecule has 242 valence electrons. The van der Waals surface area contributed by atoms with Crippen LogP contribution in [0.1, 0.15) is 21.5 Å². The topological polar surface area (TPSA) is 90.7 Å². The fourth-order valence-corrected chi connectivity index (χ4v) is 6.18. The summed E-state index contributed by atoms with van der Waals surface area (Å²) in [6.45, 7) is 1.48. The minimum atomic E-state index is -0.462. The maximum atomic E-state index is 14.4. The van der Waals surface area contributed by atoms with Crippen molar-refractivity contribution in [1.29, 1.82) is 0 Å². The van der Waals surface area contributed by atoms with Gasteiger partial charge in [-0.25, -0.2) is 0 Å². The Bertz CT molecular complexity index is 1970. The molecule has 0 aliphatic carbocycles. The number of amides is 1. The quantitative estimate of drug-likeness (QED) is 0.108. The maximum Gasteiger partial charge on any atom is 0.269 e. The Kier molecular flexibility index (Phi) is 9.01. The summed E-state index contributed by atoms with van der Waals surface area (Å²) in [5, 5.41) is 18.5. The molecule has 0 bridgehead atoms. The van der Waals surface area contributed by atoms with Crippen LogP contribution < -0.4 is 20.4 Å². The smallest absolute Gasteiger partial charge is 0.269 e. The second-order valence-electron chi connectivity index (χ2n) is 11.8. The number of carbonyl (C=O) groups is 1. The maximum absolute atomic E-state index is 14.4. The van der Waals surface area contributed by atoms with E-state index in [0.29, 0.717) is 16.9 Å². The van der Waals surface area contributed by atoms with Crippen molar-refractivity contribution in [3.05, 3.63) is 178 Å². The highest BCUT2D eigenvalue weighted by molar-refractivity contribution is 6.17. The van der Waals surface area contributed by atoms with Crippen LogP contribution in [-0.2, 0) is 12.8 Å². The number of non-ortho nitro benzene ring substituents is 1. The average Bonchev–Trinajstić information content (AvgIpc) is 3.15. The number of nitro benzene ring substituents is 1. The predicted octanol–water partition coefficient (Wildman–Crippen LogP) is 9.67. The molecule has 0 saturated heterocycles. The molecular weight excluding hydrogens is 610 g/mol. The zero-order valence-corrected chi connectivity index (χ0v) is 26.8. The Morgan fingerprint density at radius 3 is 1.51 bits per heavy atom. The number of fused-ring (bicyclic) bond motifs is 2. The van der Waals surface area contributed by atoms with E-state index in [9.17, 15) is 14.9 Å². The number of hydrogen-bond donors (Lipinski definition) is 2. The third-order valence-corrected chi connectivity index (χ3v) is 8.63. The molecule has 8 heteroatoms. The molecule has 0 atom stereocenters. The van der Waals surface area contributed by atoms with Gasteiger partial charge < -0.3 is 15.5 Å². The number of nitrogens with one attached hydrogen (secondary N) is 2. The number of anilines is 7. The van der Waals surface area contributed by atoms with E-state index in [-0.39, 0.29) is 11.6 Å². The number of rotatable bonds is 11. The summed E-state index contributed by atoms with van der Waals surface area (Å²) in [5.41, 5.74) is 8.68. The molecular formula is C41H35N5O3. The molecule has 1 aliphatic heterocycles. The molecule has 0 radical (unpaired) electrons. The van der Waals surface area contributed by atoms with Crippen LogP contribution >= 0.6 is 0 Å². The standard InChI is InChI=1S/C41H35N5O3/c47-41(32-16-20-36(21-17-32)46(48)49)45-37-22-18-33(42-26-24-30-10-4-1-5-11-30)28-39(37)44(35-14-8-3-9-15-35)40-29-34(19-23-38(40)45)43-27-25-31-12-6-2-7-13-31/h1-23,28-29,42-43H,24-27H2. The first-order valence-electron chi connectivity index (χ1n) is 16.3. The Balaban J connectivity index is 1.29. The average molecular weight is 646 g/mol. The van der Waals surface area contributed by atoms with Crippen molar-refractivity contribution in [2.75, 3.05) is 33.5 Å². The van der Waals surface area contributed by atoms with Gasteiger partial charge in [-0.1, -0.05) is 78.9 Å². The van der Waals surface area contributed by atoms with Crippen molar-refractivity contribution in [2.24, 2.45) is 0 Å². The number of nitro groups is 1. The molecule has 0 fully saturated rings. The van der Waals surface area contributed by atoms with Crippen molar-refractivity contribution < 1.29 is 9.72 Å². The molecule has 2 N–H and O–H groups in total. The monoisotopic (exact) mass is 645 g/mol. The Labute approximate surface area is 285 Å². The summed E-state index contributed by atoms with van der Waals surface area (Å²) in [6, 6.07) is 48.7. The first-order chi connectivity index (χ1) is 24.0. The second kappa shape index (κ2) is 14.1. The molecule has 6 aromatic carbocycles. The van der Waals surface area contributed by atoms with Gasteiger partial charge in [-0.15, -0.1) is 0 Å². The zero-order chi connectivity index (χ0) is 33.6. The van der Waals surface area contributed by atoms with Gasteiger partial charge in [0.15, 0.2) is 0 Å². The molecule has 0 unspecified atom stereocenters. The van der Waals surface area contributed by atoms with Crippen LogP contribution in [0.15, 0.2) is 152 Å². The predicted molar refractivity (Wildman–Crippen MR) is 198 cm³/mol. The van der Waals surface area contributed by atoms with E-state index in [1.165, 1.54) is 35.4 Å². The van der Waals surface area contributed by atoms with E-state index >= 15 is 0 Å². The van der Waals surface area contributed by atoms with Gasteiger partial charge in [0.2, 0.25) is 0 Å². The van der Waals surface area contributed by atoms with Crippen LogP contribution in [-0.4, -0.2) is 23.9 Å². The van der Waals surface area contributed by atoms with Crippen LogP contribution in [0.5, 0.6) is 0 Å². The van der Waals surface area contributed by atoms with Crippen molar-refractivity contribution in [3.8, 4) is 0 Å². The van der Waals surface area contributed by atoms with E-state index in [4.69, 9.17) is 0 Å². The highest BCUT2D eigenvalue weighted by Gasteiger charge is 2.34. The number of para-hydroxylation sites is 1. The van der Waals surface area contributed by atoms with Crippen LogP contribution in [0, 0.1) is 10.1 Å². The molecule has 6 aromatic rings. The summed E-state index contributed by atoms with van der Waals surface area (Å²) in [5.74, 6) is -0.278. The minimum absolute atomic E-state index is 0.0660. The number of carbonyl (C=O) groups excluding carboxylic acids is 1. The van der Waals surface area contributed by atoms with Gasteiger partial charge in [-0.05, 0) is 84.6 Å². The van der Waals surface area contributed by atoms with Crippen molar-refractivity contribution >= 4 is 51.4 Å². The summed E-state index contributed by atoms with van der Waals surface area (Å²) in [4.78, 5) is 29.2. The molecule has 7 rings (SSSR count). The van der Waals surface area contributed by atoms with Crippen molar-refractivity contribution in [1.82, 2.24) is 0 Å². The first-order valence-corrected chi connectivity index (χ1v) is 16.3.